The van der Waals surface area contributed by atoms with Crippen LogP contribution in [0.2, 0.25) is 5.02 Å². The Kier molecular flexibility index (Phi) is 7.53. The Hall–Kier alpha value is -3.32. The number of ether oxygens (including phenoxy) is 2. The molecule has 8 heteroatoms. The molecular formula is C24H25ClN2O5. The Morgan fingerprint density at radius 1 is 1.06 bits per heavy atom. The van der Waals surface area contributed by atoms with Gasteiger partial charge >= 0.3 is 5.97 Å². The maximum atomic E-state index is 12.7. The summed E-state index contributed by atoms with van der Waals surface area (Å²) in [6.45, 7) is 7.65. The minimum atomic E-state index is -0.848. The van der Waals surface area contributed by atoms with Crippen LogP contribution in [0.1, 0.15) is 49.5 Å². The summed E-state index contributed by atoms with van der Waals surface area (Å²) in [5.41, 5.74) is 2.03. The molecule has 0 saturated heterocycles. The molecule has 32 heavy (non-hydrogen) atoms. The topological polar surface area (TPSA) is 90.7 Å². The van der Waals surface area contributed by atoms with E-state index in [1.165, 1.54) is 5.56 Å². The molecule has 0 aliphatic rings. The fourth-order valence-electron chi connectivity index (χ4n) is 2.98. The molecule has 2 aromatic carbocycles. The van der Waals surface area contributed by atoms with Crippen molar-refractivity contribution in [3.05, 3.63) is 64.7 Å². The van der Waals surface area contributed by atoms with Crippen LogP contribution in [0.25, 0.3) is 11.3 Å². The van der Waals surface area contributed by atoms with Gasteiger partial charge in [-0.05, 0) is 49.6 Å². The second kappa shape index (κ2) is 10.3. The van der Waals surface area contributed by atoms with E-state index in [-0.39, 0.29) is 23.7 Å². The predicted octanol–water partition coefficient (Wildman–Crippen LogP) is 5.70. The number of nitrogens with one attached hydrogen (secondary N) is 1. The fraction of sp³-hybridized carbons (Fsp3) is 0.292. The Bertz CT molecular complexity index is 1070. The number of esters is 1. The zero-order valence-electron chi connectivity index (χ0n) is 18.3. The molecule has 1 amide bonds. The third-order valence-corrected chi connectivity index (χ3v) is 5.01. The van der Waals surface area contributed by atoms with Gasteiger partial charge < -0.3 is 14.0 Å². The summed E-state index contributed by atoms with van der Waals surface area (Å²) in [7, 11) is 0. The van der Waals surface area contributed by atoms with E-state index in [9.17, 15) is 9.59 Å². The van der Waals surface area contributed by atoms with E-state index >= 15 is 0 Å². The minimum absolute atomic E-state index is 0.0241. The summed E-state index contributed by atoms with van der Waals surface area (Å²) >= 11 is 5.94. The molecule has 0 aliphatic carbocycles. The van der Waals surface area contributed by atoms with Gasteiger partial charge in [-0.15, -0.1) is 0 Å². The number of carbonyl (C=O) groups excluding carboxylic acids is 2. The molecule has 0 saturated carbocycles. The second-order valence-electron chi connectivity index (χ2n) is 7.44. The van der Waals surface area contributed by atoms with Gasteiger partial charge in [0, 0.05) is 10.6 Å². The third-order valence-electron chi connectivity index (χ3n) is 4.75. The molecule has 0 bridgehead atoms. The monoisotopic (exact) mass is 456 g/mol. The number of carbonyl (C=O) groups is 2. The van der Waals surface area contributed by atoms with Gasteiger partial charge in [-0.2, -0.15) is 0 Å². The summed E-state index contributed by atoms with van der Waals surface area (Å²) in [4.78, 5) is 25.3. The number of benzene rings is 2. The summed E-state index contributed by atoms with van der Waals surface area (Å²) in [6.07, 6.45) is -0.848. The maximum Gasteiger partial charge on any atom is 0.346 e. The number of amides is 1. The summed E-state index contributed by atoms with van der Waals surface area (Å²) in [6, 6.07) is 14.3. The second-order valence-corrected chi connectivity index (χ2v) is 7.87. The molecular weight excluding hydrogens is 432 g/mol. The predicted molar refractivity (Wildman–Crippen MR) is 122 cm³/mol. The highest BCUT2D eigenvalue weighted by atomic mass is 35.5. The van der Waals surface area contributed by atoms with Crippen LogP contribution < -0.4 is 10.1 Å². The van der Waals surface area contributed by atoms with Crippen molar-refractivity contribution in [1.82, 2.24) is 5.16 Å². The van der Waals surface area contributed by atoms with E-state index in [2.05, 4.69) is 24.3 Å². The quantitative estimate of drug-likeness (QED) is 0.437. The van der Waals surface area contributed by atoms with Crippen LogP contribution >= 0.6 is 11.6 Å². The molecule has 7 nitrogen and oxygen atoms in total. The SMILES string of the molecule is CCOC(=O)c1c(-c2ccc(Cl)cc2)noc1NC(=O)C(C)Oc1ccc(C(C)C)cc1. The number of anilines is 1. The first kappa shape index (κ1) is 23.3. The van der Waals surface area contributed by atoms with E-state index in [0.717, 1.165) is 0 Å². The highest BCUT2D eigenvalue weighted by Gasteiger charge is 2.28. The zero-order chi connectivity index (χ0) is 23.3. The van der Waals surface area contributed by atoms with Crippen LogP contribution in [0, 0.1) is 0 Å². The lowest BCUT2D eigenvalue weighted by molar-refractivity contribution is -0.122. The molecule has 1 unspecified atom stereocenters. The molecule has 0 aliphatic heterocycles. The normalized spacial score (nSPS) is 11.8. The van der Waals surface area contributed by atoms with Crippen molar-refractivity contribution in [3.63, 3.8) is 0 Å². The molecule has 1 N–H and O–H groups in total. The van der Waals surface area contributed by atoms with E-state index in [4.69, 9.17) is 25.6 Å². The zero-order valence-corrected chi connectivity index (χ0v) is 19.1. The average Bonchev–Trinajstić information content (AvgIpc) is 3.18. The van der Waals surface area contributed by atoms with Crippen molar-refractivity contribution in [3.8, 4) is 17.0 Å². The molecule has 1 aromatic heterocycles. The standard InChI is InChI=1S/C24H25ClN2O5/c1-5-30-24(29)20-21(17-6-10-18(25)11-7-17)27-32-23(20)26-22(28)15(4)31-19-12-8-16(9-13-19)14(2)3/h6-15H,5H2,1-4H3,(H,26,28). The highest BCUT2D eigenvalue weighted by Crippen LogP contribution is 2.31. The summed E-state index contributed by atoms with van der Waals surface area (Å²) in [5.74, 6) is -0.312. The van der Waals surface area contributed by atoms with Gasteiger partial charge in [0.1, 0.15) is 11.4 Å². The molecule has 0 radical (unpaired) electrons. The number of halogens is 1. The first-order valence-corrected chi connectivity index (χ1v) is 10.7. The molecule has 0 fully saturated rings. The summed E-state index contributed by atoms with van der Waals surface area (Å²) in [5, 5.41) is 7.09. The van der Waals surface area contributed by atoms with Gasteiger partial charge in [0.15, 0.2) is 11.7 Å². The minimum Gasteiger partial charge on any atom is -0.481 e. The first-order chi connectivity index (χ1) is 15.3. The molecule has 1 atom stereocenters. The van der Waals surface area contributed by atoms with Gasteiger partial charge in [-0.1, -0.05) is 54.9 Å². The number of aromatic nitrogens is 1. The van der Waals surface area contributed by atoms with Crippen LogP contribution in [0.3, 0.4) is 0 Å². The van der Waals surface area contributed by atoms with Gasteiger partial charge in [-0.3, -0.25) is 10.1 Å². The van der Waals surface area contributed by atoms with E-state index < -0.39 is 18.0 Å². The van der Waals surface area contributed by atoms with Crippen LogP contribution in [-0.2, 0) is 9.53 Å². The van der Waals surface area contributed by atoms with Crippen molar-refractivity contribution in [2.45, 2.75) is 39.7 Å². The van der Waals surface area contributed by atoms with Gasteiger partial charge in [0.05, 0.1) is 6.61 Å². The number of hydrogen-bond donors (Lipinski definition) is 1. The van der Waals surface area contributed by atoms with Crippen molar-refractivity contribution >= 4 is 29.4 Å². The van der Waals surface area contributed by atoms with Crippen LogP contribution in [-0.4, -0.2) is 29.7 Å². The van der Waals surface area contributed by atoms with Crippen LogP contribution in [0.15, 0.2) is 53.1 Å². The molecule has 3 rings (SSSR count). The molecule has 168 valence electrons. The maximum absolute atomic E-state index is 12.7. The van der Waals surface area contributed by atoms with Crippen LogP contribution in [0.5, 0.6) is 5.75 Å². The van der Waals surface area contributed by atoms with E-state index in [1.807, 2.05) is 24.3 Å². The van der Waals surface area contributed by atoms with Crippen molar-refractivity contribution in [1.29, 1.82) is 0 Å². The molecule has 1 heterocycles. The Labute approximate surface area is 191 Å². The highest BCUT2D eigenvalue weighted by molar-refractivity contribution is 6.30. The van der Waals surface area contributed by atoms with Gasteiger partial charge in [0.25, 0.3) is 5.91 Å². The van der Waals surface area contributed by atoms with Gasteiger partial charge in [-0.25, -0.2) is 4.79 Å². The number of nitrogens with zero attached hydrogens (tertiary/aromatic N) is 1. The lowest BCUT2D eigenvalue weighted by atomic mass is 10.0. The third kappa shape index (κ3) is 5.48. The van der Waals surface area contributed by atoms with E-state index in [0.29, 0.717) is 22.3 Å². The first-order valence-electron chi connectivity index (χ1n) is 10.3. The van der Waals surface area contributed by atoms with Crippen molar-refractivity contribution in [2.24, 2.45) is 0 Å². The average molecular weight is 457 g/mol. The summed E-state index contributed by atoms with van der Waals surface area (Å²) < 4.78 is 16.2. The van der Waals surface area contributed by atoms with E-state index in [1.54, 1.807) is 38.1 Å². The Morgan fingerprint density at radius 2 is 1.72 bits per heavy atom. The number of rotatable bonds is 8. The largest absolute Gasteiger partial charge is 0.481 e. The van der Waals surface area contributed by atoms with Crippen LogP contribution in [0.4, 0.5) is 5.88 Å². The lowest BCUT2D eigenvalue weighted by Gasteiger charge is -2.15. The molecule has 0 spiro atoms. The molecule has 3 aromatic rings. The lowest BCUT2D eigenvalue weighted by Crippen LogP contribution is -2.30. The smallest absolute Gasteiger partial charge is 0.346 e. The number of hydrogen-bond acceptors (Lipinski definition) is 6. The van der Waals surface area contributed by atoms with Crippen molar-refractivity contribution in [2.75, 3.05) is 11.9 Å². The van der Waals surface area contributed by atoms with Crippen molar-refractivity contribution < 1.29 is 23.6 Å². The fourth-order valence-corrected chi connectivity index (χ4v) is 3.10. The van der Waals surface area contributed by atoms with Gasteiger partial charge in [0.2, 0.25) is 5.88 Å². The Balaban J connectivity index is 1.80. The Morgan fingerprint density at radius 3 is 2.31 bits per heavy atom.